The highest BCUT2D eigenvalue weighted by molar-refractivity contribution is 6.30. The number of hydrogen-bond donors (Lipinski definition) is 1. The molecule has 0 unspecified atom stereocenters. The first-order valence-corrected chi connectivity index (χ1v) is 10.9. The Morgan fingerprint density at radius 1 is 1.09 bits per heavy atom. The minimum absolute atomic E-state index is 0.145. The zero-order valence-corrected chi connectivity index (χ0v) is 19.1. The number of aliphatic hydroxyl groups is 1. The average Bonchev–Trinajstić information content (AvgIpc) is 3.35. The maximum absolute atomic E-state index is 14.5. The van der Waals surface area contributed by atoms with Crippen molar-refractivity contribution in [1.29, 1.82) is 0 Å². The SMILES string of the molecule is O=C(C=Cc1ccc(Cl)cc1)c1ccc(OC[C@](O)(Cn2cncn2)c2ccc(F)cc2F)cc1. The summed E-state index contributed by atoms with van der Waals surface area (Å²) in [5.41, 5.74) is -0.748. The molecule has 1 atom stereocenters. The Morgan fingerprint density at radius 3 is 2.49 bits per heavy atom. The van der Waals surface area contributed by atoms with E-state index in [9.17, 15) is 18.7 Å². The summed E-state index contributed by atoms with van der Waals surface area (Å²) in [6.45, 7) is -0.541. The molecule has 0 radical (unpaired) electrons. The van der Waals surface area contributed by atoms with E-state index >= 15 is 0 Å². The van der Waals surface area contributed by atoms with Crippen LogP contribution >= 0.6 is 11.6 Å². The molecule has 1 heterocycles. The molecular formula is C26H20ClF2N3O3. The van der Waals surface area contributed by atoms with Gasteiger partial charge in [0.1, 0.15) is 42.2 Å². The molecule has 1 aromatic heterocycles. The predicted molar refractivity (Wildman–Crippen MR) is 127 cm³/mol. The third-order valence-electron chi connectivity index (χ3n) is 5.24. The first-order valence-electron chi connectivity index (χ1n) is 10.5. The highest BCUT2D eigenvalue weighted by atomic mass is 35.5. The van der Waals surface area contributed by atoms with Crippen molar-refractivity contribution in [2.24, 2.45) is 0 Å². The van der Waals surface area contributed by atoms with E-state index in [1.54, 1.807) is 54.6 Å². The zero-order valence-electron chi connectivity index (χ0n) is 18.3. The molecule has 0 aliphatic carbocycles. The molecule has 0 fully saturated rings. The first-order chi connectivity index (χ1) is 16.8. The lowest BCUT2D eigenvalue weighted by Gasteiger charge is -2.29. The third kappa shape index (κ3) is 6.17. The van der Waals surface area contributed by atoms with Gasteiger partial charge in [0, 0.05) is 22.2 Å². The van der Waals surface area contributed by atoms with Gasteiger partial charge in [0.25, 0.3) is 0 Å². The molecule has 35 heavy (non-hydrogen) atoms. The summed E-state index contributed by atoms with van der Waals surface area (Å²) < 4.78 is 35.0. The monoisotopic (exact) mass is 495 g/mol. The van der Waals surface area contributed by atoms with E-state index < -0.39 is 17.2 Å². The Morgan fingerprint density at radius 2 is 1.83 bits per heavy atom. The standard InChI is InChI=1S/C26H20ClF2N3O3/c27-20-6-1-18(2-7-20)3-12-25(33)19-4-9-22(10-5-19)35-15-26(34,14-32-17-30-16-31-32)23-11-8-21(28)13-24(23)29/h1-13,16-17,34H,14-15H2/t26-/m1/s1. The fraction of sp³-hybridized carbons (Fsp3) is 0.115. The molecule has 6 nitrogen and oxygen atoms in total. The number of ketones is 1. The number of carbonyl (C=O) groups excluding carboxylic acids is 1. The molecule has 0 bridgehead atoms. The Labute approximate surface area is 205 Å². The Bertz CT molecular complexity index is 1330. The molecule has 3 aromatic carbocycles. The van der Waals surface area contributed by atoms with Crippen LogP contribution in [0.4, 0.5) is 8.78 Å². The van der Waals surface area contributed by atoms with Crippen molar-refractivity contribution in [3.8, 4) is 5.75 Å². The quantitative estimate of drug-likeness (QED) is 0.259. The molecule has 4 aromatic rings. The van der Waals surface area contributed by atoms with Crippen LogP contribution in [0.2, 0.25) is 5.02 Å². The van der Waals surface area contributed by atoms with Crippen molar-refractivity contribution in [2.45, 2.75) is 12.1 Å². The topological polar surface area (TPSA) is 77.2 Å². The highest BCUT2D eigenvalue weighted by Crippen LogP contribution is 2.28. The van der Waals surface area contributed by atoms with E-state index in [1.807, 2.05) is 0 Å². The Balaban J connectivity index is 1.47. The number of halogens is 3. The number of nitrogens with zero attached hydrogens (tertiary/aromatic N) is 3. The van der Waals surface area contributed by atoms with Crippen LogP contribution in [0.3, 0.4) is 0 Å². The number of rotatable bonds is 9. The van der Waals surface area contributed by atoms with E-state index in [0.717, 1.165) is 11.6 Å². The van der Waals surface area contributed by atoms with Crippen molar-refractivity contribution < 1.29 is 23.4 Å². The van der Waals surface area contributed by atoms with Crippen LogP contribution in [-0.2, 0) is 12.1 Å². The molecule has 0 saturated heterocycles. The van der Waals surface area contributed by atoms with Crippen LogP contribution < -0.4 is 4.74 Å². The molecule has 1 N–H and O–H groups in total. The summed E-state index contributed by atoms with van der Waals surface area (Å²) in [7, 11) is 0. The second-order valence-electron chi connectivity index (χ2n) is 7.81. The lowest BCUT2D eigenvalue weighted by molar-refractivity contribution is -0.0297. The van der Waals surface area contributed by atoms with E-state index in [-0.39, 0.29) is 24.5 Å². The van der Waals surface area contributed by atoms with Crippen molar-refractivity contribution in [3.63, 3.8) is 0 Å². The van der Waals surface area contributed by atoms with E-state index in [2.05, 4.69) is 10.1 Å². The fourth-order valence-electron chi connectivity index (χ4n) is 3.42. The van der Waals surface area contributed by atoms with Gasteiger partial charge in [0.2, 0.25) is 0 Å². The molecule has 0 aliphatic heterocycles. The zero-order chi connectivity index (χ0) is 24.8. The van der Waals surface area contributed by atoms with Gasteiger partial charge in [-0.1, -0.05) is 35.9 Å². The number of benzene rings is 3. The van der Waals surface area contributed by atoms with Gasteiger partial charge in [0.05, 0.1) is 6.54 Å². The Kier molecular flexibility index (Phi) is 7.33. The second-order valence-corrected chi connectivity index (χ2v) is 8.25. The number of allylic oxidation sites excluding steroid dienone is 1. The number of ether oxygens (including phenoxy) is 1. The van der Waals surface area contributed by atoms with Crippen molar-refractivity contribution in [2.75, 3.05) is 6.61 Å². The molecule has 0 spiro atoms. The maximum Gasteiger partial charge on any atom is 0.185 e. The summed E-state index contributed by atoms with van der Waals surface area (Å²) in [6.07, 6.45) is 5.78. The third-order valence-corrected chi connectivity index (χ3v) is 5.49. The minimum Gasteiger partial charge on any atom is -0.490 e. The summed E-state index contributed by atoms with van der Waals surface area (Å²) in [6, 6.07) is 16.3. The van der Waals surface area contributed by atoms with Gasteiger partial charge in [-0.05, 0) is 54.1 Å². The largest absolute Gasteiger partial charge is 0.490 e. The molecule has 9 heteroatoms. The van der Waals surface area contributed by atoms with Gasteiger partial charge in [-0.3, -0.25) is 4.79 Å². The van der Waals surface area contributed by atoms with Gasteiger partial charge in [-0.15, -0.1) is 0 Å². The summed E-state index contributed by atoms with van der Waals surface area (Å²) >= 11 is 5.86. The van der Waals surface area contributed by atoms with Gasteiger partial charge in [0.15, 0.2) is 5.78 Å². The van der Waals surface area contributed by atoms with Crippen molar-refractivity contribution in [1.82, 2.24) is 14.8 Å². The predicted octanol–water partition coefficient (Wildman–Crippen LogP) is 5.07. The van der Waals surface area contributed by atoms with Crippen LogP contribution in [-0.4, -0.2) is 32.3 Å². The minimum atomic E-state index is -1.87. The van der Waals surface area contributed by atoms with Crippen LogP contribution in [0.15, 0.2) is 85.5 Å². The van der Waals surface area contributed by atoms with Crippen LogP contribution in [0.25, 0.3) is 6.08 Å². The molecule has 4 rings (SSSR count). The highest BCUT2D eigenvalue weighted by Gasteiger charge is 2.34. The van der Waals surface area contributed by atoms with Crippen LogP contribution in [0.5, 0.6) is 5.75 Å². The van der Waals surface area contributed by atoms with E-state index in [4.69, 9.17) is 16.3 Å². The first kappa shape index (κ1) is 24.3. The van der Waals surface area contributed by atoms with Crippen molar-refractivity contribution >= 4 is 23.5 Å². The van der Waals surface area contributed by atoms with Crippen LogP contribution in [0, 0.1) is 11.6 Å². The number of hydrogen-bond acceptors (Lipinski definition) is 5. The lowest BCUT2D eigenvalue weighted by Crippen LogP contribution is -2.39. The van der Waals surface area contributed by atoms with E-state index in [0.29, 0.717) is 22.4 Å². The van der Waals surface area contributed by atoms with Gasteiger partial charge >= 0.3 is 0 Å². The number of aromatic nitrogens is 3. The van der Waals surface area contributed by atoms with Gasteiger partial charge < -0.3 is 9.84 Å². The fourth-order valence-corrected chi connectivity index (χ4v) is 3.54. The summed E-state index contributed by atoms with van der Waals surface area (Å²) in [5.74, 6) is -1.53. The lowest BCUT2D eigenvalue weighted by atomic mass is 9.94. The van der Waals surface area contributed by atoms with Gasteiger partial charge in [-0.2, -0.15) is 5.10 Å². The molecular weight excluding hydrogens is 476 g/mol. The molecule has 178 valence electrons. The van der Waals surface area contributed by atoms with Crippen molar-refractivity contribution in [3.05, 3.63) is 119 Å². The second kappa shape index (κ2) is 10.6. The maximum atomic E-state index is 14.5. The van der Waals surface area contributed by atoms with E-state index in [1.165, 1.54) is 29.5 Å². The van der Waals surface area contributed by atoms with Crippen LogP contribution in [0.1, 0.15) is 21.5 Å². The van der Waals surface area contributed by atoms with Gasteiger partial charge in [-0.25, -0.2) is 18.4 Å². The summed E-state index contributed by atoms with van der Waals surface area (Å²) in [5, 5.41) is 15.8. The number of carbonyl (C=O) groups is 1. The Hall–Kier alpha value is -3.88. The molecule has 0 aliphatic rings. The molecule has 0 amide bonds. The molecule has 0 saturated carbocycles. The summed E-state index contributed by atoms with van der Waals surface area (Å²) in [4.78, 5) is 16.3. The average molecular weight is 496 g/mol. The smallest absolute Gasteiger partial charge is 0.185 e. The normalized spacial score (nSPS) is 13.0.